The summed E-state index contributed by atoms with van der Waals surface area (Å²) in [7, 11) is 3.92. The number of nitrogens with one attached hydrogen (secondary N) is 1. The number of hydrogen-bond donors (Lipinski definition) is 2. The summed E-state index contributed by atoms with van der Waals surface area (Å²) in [6.07, 6.45) is 3.81. The smallest absolute Gasteiger partial charge is 0.163 e. The van der Waals surface area contributed by atoms with Gasteiger partial charge in [0.2, 0.25) is 0 Å². The summed E-state index contributed by atoms with van der Waals surface area (Å²) in [4.78, 5) is 11.2. The summed E-state index contributed by atoms with van der Waals surface area (Å²) < 4.78 is 1.73. The monoisotopic (exact) mass is 281 g/mol. The Morgan fingerprint density at radius 3 is 2.95 bits per heavy atom. The number of aromatic nitrogens is 4. The van der Waals surface area contributed by atoms with Gasteiger partial charge in [-0.15, -0.1) is 0 Å². The molecule has 0 aromatic carbocycles. The van der Waals surface area contributed by atoms with Gasteiger partial charge in [-0.05, 0) is 13.3 Å². The van der Waals surface area contributed by atoms with Crippen LogP contribution in [-0.2, 0) is 13.6 Å². The first kappa shape index (κ1) is 14.0. The summed E-state index contributed by atoms with van der Waals surface area (Å²) >= 11 is 1.83. The first-order valence-electron chi connectivity index (χ1n) is 5.98. The van der Waals surface area contributed by atoms with Crippen LogP contribution < -0.4 is 11.3 Å². The first-order chi connectivity index (χ1) is 9.15. The molecule has 0 saturated heterocycles. The van der Waals surface area contributed by atoms with Crippen LogP contribution >= 0.6 is 11.8 Å². The van der Waals surface area contributed by atoms with E-state index in [9.17, 15) is 0 Å². The molecule has 19 heavy (non-hydrogen) atoms. The van der Waals surface area contributed by atoms with Gasteiger partial charge in [-0.3, -0.25) is 9.58 Å². The molecule has 2 rings (SSSR count). The van der Waals surface area contributed by atoms with E-state index in [4.69, 9.17) is 5.84 Å². The van der Waals surface area contributed by atoms with Gasteiger partial charge in [-0.2, -0.15) is 16.9 Å². The van der Waals surface area contributed by atoms with Crippen molar-refractivity contribution in [2.24, 2.45) is 12.9 Å². The number of thioether (sulfide) groups is 1. The molecule has 0 amide bonds. The van der Waals surface area contributed by atoms with Gasteiger partial charge in [-0.1, -0.05) is 0 Å². The van der Waals surface area contributed by atoms with E-state index in [2.05, 4.69) is 38.7 Å². The minimum absolute atomic E-state index is 0.617. The van der Waals surface area contributed by atoms with Crippen LogP contribution in [0.1, 0.15) is 5.82 Å². The van der Waals surface area contributed by atoms with Gasteiger partial charge in [0.15, 0.2) is 11.5 Å². The number of aryl methyl sites for hydroxylation is 1. The van der Waals surface area contributed by atoms with Gasteiger partial charge in [0.1, 0.15) is 5.82 Å². The van der Waals surface area contributed by atoms with Crippen molar-refractivity contribution in [1.82, 2.24) is 24.6 Å². The highest BCUT2D eigenvalue weighted by Gasteiger charge is 2.11. The number of nitrogen functional groups attached to an aromatic ring is 1. The van der Waals surface area contributed by atoms with E-state index in [1.807, 2.05) is 18.8 Å². The molecule has 0 aliphatic carbocycles. The molecule has 2 heterocycles. The second kappa shape index (κ2) is 6.18. The van der Waals surface area contributed by atoms with Crippen molar-refractivity contribution in [1.29, 1.82) is 0 Å². The summed E-state index contributed by atoms with van der Waals surface area (Å²) in [5.41, 5.74) is 3.40. The molecule has 0 aliphatic heterocycles. The van der Waals surface area contributed by atoms with E-state index in [-0.39, 0.29) is 0 Å². The molecular formula is C11H19N7S. The molecule has 3 N–H and O–H groups in total. The van der Waals surface area contributed by atoms with Crippen molar-refractivity contribution in [2.45, 2.75) is 6.54 Å². The van der Waals surface area contributed by atoms with Gasteiger partial charge in [0, 0.05) is 19.3 Å². The van der Waals surface area contributed by atoms with E-state index in [0.29, 0.717) is 12.4 Å². The second-order valence-electron chi connectivity index (χ2n) is 4.37. The summed E-state index contributed by atoms with van der Waals surface area (Å²) in [6.45, 7) is 1.69. The Kier molecular flexibility index (Phi) is 4.56. The SMILES string of the molecule is CSCCN(C)Cc1nc(NN)c2cnn(C)c2n1. The highest BCUT2D eigenvalue weighted by Crippen LogP contribution is 2.18. The van der Waals surface area contributed by atoms with Crippen LogP contribution in [0.4, 0.5) is 5.82 Å². The zero-order valence-electron chi connectivity index (χ0n) is 11.4. The number of fused-ring (bicyclic) bond motifs is 1. The van der Waals surface area contributed by atoms with Crippen molar-refractivity contribution >= 4 is 28.6 Å². The molecule has 0 fully saturated rings. The molecule has 0 saturated carbocycles. The zero-order chi connectivity index (χ0) is 13.8. The Bertz CT molecular complexity index is 553. The third kappa shape index (κ3) is 3.14. The van der Waals surface area contributed by atoms with E-state index < -0.39 is 0 Å². The first-order valence-corrected chi connectivity index (χ1v) is 7.37. The van der Waals surface area contributed by atoms with Crippen LogP contribution in [0.25, 0.3) is 11.0 Å². The van der Waals surface area contributed by atoms with E-state index in [0.717, 1.165) is 29.2 Å². The van der Waals surface area contributed by atoms with Crippen molar-refractivity contribution in [3.05, 3.63) is 12.0 Å². The van der Waals surface area contributed by atoms with Crippen LogP contribution in [0.2, 0.25) is 0 Å². The maximum atomic E-state index is 5.51. The number of rotatable bonds is 6. The molecule has 7 nitrogen and oxygen atoms in total. The molecule has 8 heteroatoms. The van der Waals surface area contributed by atoms with Crippen LogP contribution in [0.3, 0.4) is 0 Å². The molecule has 0 atom stereocenters. The largest absolute Gasteiger partial charge is 0.308 e. The normalized spacial score (nSPS) is 11.4. The Balaban J connectivity index is 2.25. The Morgan fingerprint density at radius 1 is 1.47 bits per heavy atom. The number of nitrogens with two attached hydrogens (primary N) is 1. The van der Waals surface area contributed by atoms with Gasteiger partial charge < -0.3 is 5.43 Å². The third-order valence-corrected chi connectivity index (χ3v) is 3.45. The van der Waals surface area contributed by atoms with E-state index in [1.165, 1.54) is 0 Å². The van der Waals surface area contributed by atoms with Crippen LogP contribution in [0.5, 0.6) is 0 Å². The number of hydrogen-bond acceptors (Lipinski definition) is 7. The molecule has 2 aromatic rings. The Hall–Kier alpha value is -1.38. The fourth-order valence-corrected chi connectivity index (χ4v) is 2.31. The molecule has 0 unspecified atom stereocenters. The Labute approximate surface area is 116 Å². The molecule has 0 spiro atoms. The molecule has 0 aliphatic rings. The second-order valence-corrected chi connectivity index (χ2v) is 5.35. The standard InChI is InChI=1S/C11H19N7S/c1-17(4-5-19-3)7-9-14-10(16-12)8-6-13-18(2)11(8)15-9/h6H,4-5,7,12H2,1-3H3,(H,14,15,16). The topological polar surface area (TPSA) is 84.9 Å². The van der Waals surface area contributed by atoms with Gasteiger partial charge in [0.25, 0.3) is 0 Å². The van der Waals surface area contributed by atoms with Crippen molar-refractivity contribution in [2.75, 3.05) is 31.0 Å². The van der Waals surface area contributed by atoms with Crippen LogP contribution in [-0.4, -0.2) is 50.2 Å². The maximum absolute atomic E-state index is 5.51. The molecular weight excluding hydrogens is 262 g/mol. The fraction of sp³-hybridized carbons (Fsp3) is 0.545. The lowest BCUT2D eigenvalue weighted by molar-refractivity contribution is 0.339. The minimum atomic E-state index is 0.617. The van der Waals surface area contributed by atoms with Crippen LogP contribution in [0, 0.1) is 0 Å². The number of anilines is 1. The van der Waals surface area contributed by atoms with Gasteiger partial charge in [-0.25, -0.2) is 15.8 Å². The van der Waals surface area contributed by atoms with E-state index in [1.54, 1.807) is 10.9 Å². The van der Waals surface area contributed by atoms with Crippen LogP contribution in [0.15, 0.2) is 6.20 Å². The van der Waals surface area contributed by atoms with Gasteiger partial charge >= 0.3 is 0 Å². The third-order valence-electron chi connectivity index (χ3n) is 2.86. The molecule has 2 aromatic heterocycles. The lowest BCUT2D eigenvalue weighted by Crippen LogP contribution is -2.22. The number of hydrazine groups is 1. The highest BCUT2D eigenvalue weighted by atomic mass is 32.2. The van der Waals surface area contributed by atoms with Crippen molar-refractivity contribution in [3.63, 3.8) is 0 Å². The molecule has 104 valence electrons. The van der Waals surface area contributed by atoms with E-state index >= 15 is 0 Å². The van der Waals surface area contributed by atoms with Gasteiger partial charge in [0.05, 0.1) is 18.1 Å². The average Bonchev–Trinajstić information content (AvgIpc) is 2.77. The Morgan fingerprint density at radius 2 is 2.26 bits per heavy atom. The summed E-state index contributed by atoms with van der Waals surface area (Å²) in [6, 6.07) is 0. The predicted octanol–water partition coefficient (Wildman–Crippen LogP) is 0.444. The average molecular weight is 281 g/mol. The lowest BCUT2D eigenvalue weighted by atomic mass is 10.4. The highest BCUT2D eigenvalue weighted by molar-refractivity contribution is 7.98. The quantitative estimate of drug-likeness (QED) is 0.587. The fourth-order valence-electron chi connectivity index (χ4n) is 1.82. The predicted molar refractivity (Wildman–Crippen MR) is 78.8 cm³/mol. The van der Waals surface area contributed by atoms with Crippen molar-refractivity contribution in [3.8, 4) is 0 Å². The summed E-state index contributed by atoms with van der Waals surface area (Å²) in [5, 5.41) is 5.01. The maximum Gasteiger partial charge on any atom is 0.163 e. The molecule has 0 radical (unpaired) electrons. The van der Waals surface area contributed by atoms with Crippen molar-refractivity contribution < 1.29 is 0 Å². The summed E-state index contributed by atoms with van der Waals surface area (Å²) in [5.74, 6) is 7.96. The number of nitrogens with zero attached hydrogens (tertiary/aromatic N) is 5. The lowest BCUT2D eigenvalue weighted by Gasteiger charge is -2.15. The minimum Gasteiger partial charge on any atom is -0.308 e. The molecule has 0 bridgehead atoms. The zero-order valence-corrected chi connectivity index (χ0v) is 12.2.